The third-order valence-electron chi connectivity index (χ3n) is 5.47. The van der Waals surface area contributed by atoms with Crippen LogP contribution in [0.2, 0.25) is 5.02 Å². The van der Waals surface area contributed by atoms with E-state index in [-0.39, 0.29) is 16.6 Å². The zero-order valence-corrected chi connectivity index (χ0v) is 19.9. The van der Waals surface area contributed by atoms with Crippen LogP contribution in [0.25, 0.3) is 22.6 Å². The predicted octanol–water partition coefficient (Wildman–Crippen LogP) is 4.91. The predicted molar refractivity (Wildman–Crippen MR) is 131 cm³/mol. The Hall–Kier alpha value is -3.78. The lowest BCUT2D eigenvalue weighted by Gasteiger charge is -2.13. The molecule has 1 aromatic heterocycles. The molecule has 0 bridgehead atoms. The van der Waals surface area contributed by atoms with Crippen LogP contribution in [0.3, 0.4) is 0 Å². The van der Waals surface area contributed by atoms with Gasteiger partial charge in [-0.1, -0.05) is 35.9 Å². The van der Waals surface area contributed by atoms with Gasteiger partial charge in [0.25, 0.3) is 5.91 Å². The van der Waals surface area contributed by atoms with Gasteiger partial charge in [0.05, 0.1) is 21.8 Å². The molecule has 180 valence electrons. The average Bonchev–Trinajstić information content (AvgIpc) is 3.19. The van der Waals surface area contributed by atoms with E-state index in [1.807, 2.05) is 0 Å². The topological polar surface area (TPSA) is 97.4 Å². The molecule has 2 N–H and O–H groups in total. The number of rotatable bonds is 5. The lowest BCUT2D eigenvalue weighted by molar-refractivity contribution is -0.123. The molecule has 1 heterocycles. The van der Waals surface area contributed by atoms with Crippen molar-refractivity contribution in [1.82, 2.24) is 15.6 Å². The summed E-state index contributed by atoms with van der Waals surface area (Å²) in [6.45, 7) is 2.88. The number of urea groups is 1. The lowest BCUT2D eigenvalue weighted by Crippen LogP contribution is -2.44. The Balaban J connectivity index is 1.66. The quantitative estimate of drug-likeness (QED) is 0.490. The number of para-hydroxylation sites is 1. The van der Waals surface area contributed by atoms with Crippen LogP contribution in [-0.2, 0) is 16.0 Å². The normalized spacial score (nSPS) is 13.7. The van der Waals surface area contributed by atoms with Crippen molar-refractivity contribution < 1.29 is 23.5 Å². The van der Waals surface area contributed by atoms with Crippen LogP contribution >= 0.6 is 11.6 Å². The zero-order chi connectivity index (χ0) is 25.1. The third kappa shape index (κ3) is 5.33. The molecule has 0 unspecified atom stereocenters. The molecular formula is C26H23ClFN3O4. The number of hydrogen-bond donors (Lipinski definition) is 2. The average molecular weight is 496 g/mol. The van der Waals surface area contributed by atoms with Gasteiger partial charge in [-0.25, -0.2) is 19.0 Å². The highest BCUT2D eigenvalue weighted by Crippen LogP contribution is 2.38. The van der Waals surface area contributed by atoms with Crippen LogP contribution < -0.4 is 10.6 Å². The molecule has 35 heavy (non-hydrogen) atoms. The van der Waals surface area contributed by atoms with Crippen molar-refractivity contribution in [3.8, 4) is 0 Å². The Labute approximate surface area is 206 Å². The first-order valence-electron chi connectivity index (χ1n) is 11.1. The molecule has 0 fully saturated rings. The summed E-state index contributed by atoms with van der Waals surface area (Å²) in [6.07, 6.45) is 2.67. The molecule has 9 heteroatoms. The number of imide groups is 1. The molecule has 4 rings (SSSR count). The second kappa shape index (κ2) is 10.2. The molecule has 3 amide bonds. The van der Waals surface area contributed by atoms with Crippen molar-refractivity contribution in [2.24, 2.45) is 0 Å². The van der Waals surface area contributed by atoms with Gasteiger partial charge in [0.1, 0.15) is 5.82 Å². The van der Waals surface area contributed by atoms with Crippen molar-refractivity contribution in [1.29, 1.82) is 0 Å². The monoisotopic (exact) mass is 495 g/mol. The highest BCUT2D eigenvalue weighted by atomic mass is 35.5. The van der Waals surface area contributed by atoms with E-state index < -0.39 is 30.3 Å². The highest BCUT2D eigenvalue weighted by Gasteiger charge is 2.28. The summed E-state index contributed by atoms with van der Waals surface area (Å²) in [4.78, 5) is 41.6. The smallest absolute Gasteiger partial charge is 0.339 e. The number of fused-ring (bicyclic) bond motifs is 2. The fourth-order valence-electron chi connectivity index (χ4n) is 4.00. The number of nitrogens with zero attached hydrogens (tertiary/aromatic N) is 1. The second-order valence-electron chi connectivity index (χ2n) is 8.39. The van der Waals surface area contributed by atoms with Gasteiger partial charge in [0.15, 0.2) is 6.61 Å². The number of nitrogens with one attached hydrogen (secondary N) is 2. The standard InChI is InChI=1S/C26H23ClFN3O4/c1-14(2)29-26(34)31-22(32)13-35-25(33)23-16-6-3-4-9-21(16)30-24-15(10-11-17(23)24)12-18-19(27)7-5-8-20(18)28/h3-9,12,14H,10-11,13H2,1-2H3,(H2,29,31,32,34)/b15-12+. The molecule has 3 aromatic rings. The van der Waals surface area contributed by atoms with Gasteiger partial charge in [-0.3, -0.25) is 10.1 Å². The number of allylic oxidation sites excluding steroid dienone is 1. The number of hydrogen-bond acceptors (Lipinski definition) is 5. The number of carbonyl (C=O) groups excluding carboxylic acids is 3. The van der Waals surface area contributed by atoms with Crippen LogP contribution in [0.5, 0.6) is 0 Å². The van der Waals surface area contributed by atoms with Crippen LogP contribution in [-0.4, -0.2) is 35.5 Å². The van der Waals surface area contributed by atoms with E-state index in [1.54, 1.807) is 50.3 Å². The maximum atomic E-state index is 14.4. The largest absolute Gasteiger partial charge is 0.452 e. The summed E-state index contributed by atoms with van der Waals surface area (Å²) >= 11 is 6.20. The van der Waals surface area contributed by atoms with E-state index >= 15 is 0 Å². The van der Waals surface area contributed by atoms with Crippen LogP contribution in [0.1, 0.15) is 47.4 Å². The number of aromatic nitrogens is 1. The summed E-state index contributed by atoms with van der Waals surface area (Å²) in [7, 11) is 0. The molecule has 0 saturated carbocycles. The van der Waals surface area contributed by atoms with E-state index in [1.165, 1.54) is 12.1 Å². The summed E-state index contributed by atoms with van der Waals surface area (Å²) in [6, 6.07) is 10.7. The van der Waals surface area contributed by atoms with E-state index in [0.29, 0.717) is 40.6 Å². The number of pyridine rings is 1. The van der Waals surface area contributed by atoms with Gasteiger partial charge in [0, 0.05) is 17.0 Å². The summed E-state index contributed by atoms with van der Waals surface area (Å²) in [5.74, 6) is -1.91. The van der Waals surface area contributed by atoms with Crippen molar-refractivity contribution in [3.63, 3.8) is 0 Å². The van der Waals surface area contributed by atoms with Crippen molar-refractivity contribution in [2.75, 3.05) is 6.61 Å². The molecule has 0 atom stereocenters. The van der Waals surface area contributed by atoms with E-state index in [0.717, 1.165) is 5.57 Å². The number of amides is 3. The number of carbonyl (C=O) groups is 3. The van der Waals surface area contributed by atoms with E-state index in [4.69, 9.17) is 21.3 Å². The molecule has 2 aromatic carbocycles. The van der Waals surface area contributed by atoms with Crippen molar-refractivity contribution in [2.45, 2.75) is 32.7 Å². The lowest BCUT2D eigenvalue weighted by atomic mass is 10.0. The van der Waals surface area contributed by atoms with Crippen LogP contribution in [0.4, 0.5) is 9.18 Å². The number of esters is 1. The minimum Gasteiger partial charge on any atom is -0.452 e. The maximum absolute atomic E-state index is 14.4. The Kier molecular flexibility index (Phi) is 7.12. The van der Waals surface area contributed by atoms with Gasteiger partial charge in [0.2, 0.25) is 0 Å². The Bertz CT molecular complexity index is 1350. The minimum atomic E-state index is -0.749. The Morgan fingerprint density at radius 3 is 2.66 bits per heavy atom. The summed E-state index contributed by atoms with van der Waals surface area (Å²) in [5.41, 5.74) is 3.09. The highest BCUT2D eigenvalue weighted by molar-refractivity contribution is 6.32. The molecule has 1 aliphatic carbocycles. The first-order valence-corrected chi connectivity index (χ1v) is 11.5. The minimum absolute atomic E-state index is 0.155. The van der Waals surface area contributed by atoms with Crippen LogP contribution in [0, 0.1) is 5.82 Å². The molecule has 0 aliphatic heterocycles. The summed E-state index contributed by atoms with van der Waals surface area (Å²) < 4.78 is 19.6. The second-order valence-corrected chi connectivity index (χ2v) is 8.80. The van der Waals surface area contributed by atoms with Crippen molar-refractivity contribution in [3.05, 3.63) is 75.7 Å². The molecule has 0 spiro atoms. The summed E-state index contributed by atoms with van der Waals surface area (Å²) in [5, 5.41) is 5.50. The first kappa shape index (κ1) is 24.3. The molecular weight excluding hydrogens is 473 g/mol. The number of halogens is 2. The third-order valence-corrected chi connectivity index (χ3v) is 5.80. The number of benzene rings is 2. The van der Waals surface area contributed by atoms with Gasteiger partial charge < -0.3 is 10.1 Å². The maximum Gasteiger partial charge on any atom is 0.339 e. The van der Waals surface area contributed by atoms with Crippen molar-refractivity contribution >= 4 is 52.1 Å². The van der Waals surface area contributed by atoms with Gasteiger partial charge in [-0.2, -0.15) is 0 Å². The molecule has 7 nitrogen and oxygen atoms in total. The Morgan fingerprint density at radius 2 is 1.91 bits per heavy atom. The zero-order valence-electron chi connectivity index (χ0n) is 19.2. The SMILES string of the molecule is CC(C)NC(=O)NC(=O)COC(=O)c1c2c(nc3ccccc13)/C(=C/c1c(F)cccc1Cl)CC2. The molecule has 1 aliphatic rings. The Morgan fingerprint density at radius 1 is 1.14 bits per heavy atom. The van der Waals surface area contributed by atoms with E-state index in [2.05, 4.69) is 10.6 Å². The first-order chi connectivity index (χ1) is 16.7. The van der Waals surface area contributed by atoms with Gasteiger partial charge in [-0.15, -0.1) is 0 Å². The van der Waals surface area contributed by atoms with Gasteiger partial charge in [-0.05, 0) is 62.1 Å². The van der Waals surface area contributed by atoms with Crippen LogP contribution in [0.15, 0.2) is 42.5 Å². The fraction of sp³-hybridized carbons (Fsp3) is 0.231. The molecule has 0 radical (unpaired) electrons. The fourth-order valence-corrected chi connectivity index (χ4v) is 4.22. The van der Waals surface area contributed by atoms with E-state index in [9.17, 15) is 18.8 Å². The molecule has 0 saturated heterocycles. The van der Waals surface area contributed by atoms with Gasteiger partial charge >= 0.3 is 12.0 Å². The number of ether oxygens (including phenoxy) is 1.